The van der Waals surface area contributed by atoms with E-state index in [0.717, 1.165) is 44.1 Å². The molecule has 0 aliphatic heterocycles. The van der Waals surface area contributed by atoms with Crippen molar-refractivity contribution in [2.75, 3.05) is 13.1 Å². The van der Waals surface area contributed by atoms with E-state index in [1.165, 1.54) is 12.1 Å². The number of carbonyl (C=O) groups is 1. The van der Waals surface area contributed by atoms with E-state index in [1.54, 1.807) is 12.1 Å². The highest BCUT2D eigenvalue weighted by Gasteiger charge is 2.42. The Morgan fingerprint density at radius 2 is 1.81 bits per heavy atom. The molecule has 0 aromatic heterocycles. The highest BCUT2D eigenvalue weighted by molar-refractivity contribution is 5.88. The minimum absolute atomic E-state index is 0. The second-order valence-corrected chi connectivity index (χ2v) is 5.55. The summed E-state index contributed by atoms with van der Waals surface area (Å²) in [5.74, 6) is -0.177. The van der Waals surface area contributed by atoms with Crippen LogP contribution in [0.15, 0.2) is 24.3 Å². The van der Waals surface area contributed by atoms with Crippen LogP contribution in [0.25, 0.3) is 0 Å². The van der Waals surface area contributed by atoms with Gasteiger partial charge in [0.05, 0.1) is 5.41 Å². The molecule has 0 heterocycles. The Kier molecular flexibility index (Phi) is 7.12. The van der Waals surface area contributed by atoms with Crippen LogP contribution >= 0.6 is 12.4 Å². The molecule has 1 amide bonds. The van der Waals surface area contributed by atoms with E-state index in [1.807, 2.05) is 0 Å². The van der Waals surface area contributed by atoms with Crippen LogP contribution < -0.4 is 11.1 Å². The lowest BCUT2D eigenvalue weighted by Crippen LogP contribution is -2.43. The van der Waals surface area contributed by atoms with E-state index in [2.05, 4.69) is 5.32 Å². The lowest BCUT2D eigenvalue weighted by atomic mass is 9.78. The first-order valence-corrected chi connectivity index (χ1v) is 7.43. The summed E-state index contributed by atoms with van der Waals surface area (Å²) in [4.78, 5) is 12.6. The van der Waals surface area contributed by atoms with Crippen LogP contribution in [0.4, 0.5) is 4.39 Å². The minimum atomic E-state index is -0.462. The van der Waals surface area contributed by atoms with Crippen molar-refractivity contribution in [2.24, 2.45) is 5.73 Å². The molecule has 0 unspecified atom stereocenters. The Labute approximate surface area is 131 Å². The van der Waals surface area contributed by atoms with Gasteiger partial charge in [0.2, 0.25) is 5.91 Å². The summed E-state index contributed by atoms with van der Waals surface area (Å²) >= 11 is 0. The van der Waals surface area contributed by atoms with E-state index in [9.17, 15) is 9.18 Å². The largest absolute Gasteiger partial charge is 0.355 e. The zero-order chi connectivity index (χ0) is 14.4. The van der Waals surface area contributed by atoms with Crippen molar-refractivity contribution in [1.29, 1.82) is 0 Å². The van der Waals surface area contributed by atoms with Gasteiger partial charge in [-0.25, -0.2) is 4.39 Å². The highest BCUT2D eigenvalue weighted by atomic mass is 35.5. The van der Waals surface area contributed by atoms with Crippen molar-refractivity contribution in [3.05, 3.63) is 35.6 Å². The molecule has 21 heavy (non-hydrogen) atoms. The molecule has 3 N–H and O–H groups in total. The molecule has 1 aromatic carbocycles. The zero-order valence-electron chi connectivity index (χ0n) is 12.2. The molecule has 0 spiro atoms. The third kappa shape index (κ3) is 4.17. The quantitative estimate of drug-likeness (QED) is 0.793. The molecular formula is C16H24ClFN2O. The monoisotopic (exact) mass is 314 g/mol. The van der Waals surface area contributed by atoms with Crippen LogP contribution in [0.1, 0.15) is 44.1 Å². The van der Waals surface area contributed by atoms with Gasteiger partial charge in [0.1, 0.15) is 5.82 Å². The van der Waals surface area contributed by atoms with E-state index in [0.29, 0.717) is 13.1 Å². The fourth-order valence-electron chi connectivity index (χ4n) is 3.03. The van der Waals surface area contributed by atoms with Gasteiger partial charge in [0.25, 0.3) is 0 Å². The first-order chi connectivity index (χ1) is 9.69. The lowest BCUT2D eigenvalue weighted by molar-refractivity contribution is -0.126. The Hall–Kier alpha value is -1.13. The summed E-state index contributed by atoms with van der Waals surface area (Å²) in [6.45, 7) is 1.32. The van der Waals surface area contributed by atoms with Crippen LogP contribution in [0.2, 0.25) is 0 Å². The molecule has 1 saturated carbocycles. The summed E-state index contributed by atoms with van der Waals surface area (Å²) in [6.07, 6.45) is 5.62. The van der Waals surface area contributed by atoms with Gasteiger partial charge in [-0.1, -0.05) is 25.0 Å². The average Bonchev–Trinajstić information content (AvgIpc) is 2.95. The van der Waals surface area contributed by atoms with Crippen LogP contribution in [0.5, 0.6) is 0 Å². The zero-order valence-corrected chi connectivity index (χ0v) is 13.1. The first-order valence-electron chi connectivity index (χ1n) is 7.43. The fourth-order valence-corrected chi connectivity index (χ4v) is 3.03. The number of hydrogen-bond donors (Lipinski definition) is 2. The minimum Gasteiger partial charge on any atom is -0.355 e. The molecule has 1 aliphatic carbocycles. The highest BCUT2D eigenvalue weighted by Crippen LogP contribution is 2.41. The third-order valence-electron chi connectivity index (χ3n) is 4.21. The second kappa shape index (κ2) is 8.35. The SMILES string of the molecule is Cl.NCCCCNC(=O)C1(c2ccc(F)cc2)CCCC1. The third-order valence-corrected chi connectivity index (χ3v) is 4.21. The van der Waals surface area contributed by atoms with Crippen LogP contribution in [0, 0.1) is 5.82 Å². The topological polar surface area (TPSA) is 55.1 Å². The molecule has 0 atom stereocenters. The van der Waals surface area contributed by atoms with E-state index < -0.39 is 5.41 Å². The number of halogens is 2. The number of nitrogens with one attached hydrogen (secondary N) is 1. The summed E-state index contributed by atoms with van der Waals surface area (Å²) < 4.78 is 13.1. The number of rotatable bonds is 6. The lowest BCUT2D eigenvalue weighted by Gasteiger charge is -2.28. The molecule has 0 bridgehead atoms. The number of amides is 1. The number of carbonyl (C=O) groups excluding carboxylic acids is 1. The average molecular weight is 315 g/mol. The maximum Gasteiger partial charge on any atom is 0.230 e. The van der Waals surface area contributed by atoms with Crippen molar-refractivity contribution in [2.45, 2.75) is 43.9 Å². The van der Waals surface area contributed by atoms with E-state index >= 15 is 0 Å². The van der Waals surface area contributed by atoms with Crippen LogP contribution in [-0.4, -0.2) is 19.0 Å². The molecule has 0 saturated heterocycles. The van der Waals surface area contributed by atoms with Gasteiger partial charge in [-0.3, -0.25) is 4.79 Å². The molecule has 1 aliphatic rings. The molecule has 2 rings (SSSR count). The fraction of sp³-hybridized carbons (Fsp3) is 0.562. The van der Waals surface area contributed by atoms with Crippen LogP contribution in [0.3, 0.4) is 0 Å². The standard InChI is InChI=1S/C16H23FN2O.ClH/c17-14-7-5-13(6-8-14)16(9-1-2-10-16)15(20)19-12-4-3-11-18;/h5-8H,1-4,9-12,18H2,(H,19,20);1H. The number of benzene rings is 1. The molecule has 118 valence electrons. The summed E-state index contributed by atoms with van der Waals surface area (Å²) in [7, 11) is 0. The normalized spacial score (nSPS) is 16.3. The van der Waals surface area contributed by atoms with Crippen LogP contribution in [-0.2, 0) is 10.2 Å². The van der Waals surface area contributed by atoms with Crippen molar-refractivity contribution < 1.29 is 9.18 Å². The van der Waals surface area contributed by atoms with E-state index in [4.69, 9.17) is 5.73 Å². The first kappa shape index (κ1) is 17.9. The smallest absolute Gasteiger partial charge is 0.230 e. The van der Waals surface area contributed by atoms with Crippen molar-refractivity contribution in [3.8, 4) is 0 Å². The van der Waals surface area contributed by atoms with Gasteiger partial charge in [-0.2, -0.15) is 0 Å². The Balaban J connectivity index is 0.00000220. The van der Waals surface area contributed by atoms with Gasteiger partial charge in [0.15, 0.2) is 0 Å². The second-order valence-electron chi connectivity index (χ2n) is 5.55. The summed E-state index contributed by atoms with van der Waals surface area (Å²) in [5.41, 5.74) is 5.93. The molecular weight excluding hydrogens is 291 g/mol. The van der Waals surface area contributed by atoms with Gasteiger partial charge < -0.3 is 11.1 Å². The summed E-state index contributed by atoms with van der Waals surface area (Å²) in [6, 6.07) is 6.38. The maximum atomic E-state index is 13.1. The van der Waals surface area contributed by atoms with Crippen molar-refractivity contribution in [3.63, 3.8) is 0 Å². The predicted molar refractivity (Wildman–Crippen MR) is 85.1 cm³/mol. The van der Waals surface area contributed by atoms with E-state index in [-0.39, 0.29) is 24.1 Å². The maximum absolute atomic E-state index is 13.1. The van der Waals surface area contributed by atoms with Gasteiger partial charge >= 0.3 is 0 Å². The Morgan fingerprint density at radius 1 is 1.19 bits per heavy atom. The number of unbranched alkanes of at least 4 members (excludes halogenated alkanes) is 1. The molecule has 3 nitrogen and oxygen atoms in total. The molecule has 1 fully saturated rings. The van der Waals surface area contributed by atoms with Crippen molar-refractivity contribution in [1.82, 2.24) is 5.32 Å². The van der Waals surface area contributed by atoms with Gasteiger partial charge in [0, 0.05) is 6.54 Å². The van der Waals surface area contributed by atoms with Gasteiger partial charge in [-0.15, -0.1) is 12.4 Å². The van der Waals surface area contributed by atoms with Gasteiger partial charge in [-0.05, 0) is 49.9 Å². The number of nitrogens with two attached hydrogens (primary N) is 1. The number of hydrogen-bond acceptors (Lipinski definition) is 2. The molecule has 5 heteroatoms. The summed E-state index contributed by atoms with van der Waals surface area (Å²) in [5, 5.41) is 3.03. The Bertz CT molecular complexity index is 444. The Morgan fingerprint density at radius 3 is 2.38 bits per heavy atom. The van der Waals surface area contributed by atoms with Crippen molar-refractivity contribution >= 4 is 18.3 Å². The predicted octanol–water partition coefficient (Wildman–Crippen LogP) is 2.91. The molecule has 0 radical (unpaired) electrons. The molecule has 1 aromatic rings.